The number of hydrogen-bond acceptors (Lipinski definition) is 2. The van der Waals surface area contributed by atoms with Crippen molar-refractivity contribution >= 4 is 17.5 Å². The lowest BCUT2D eigenvalue weighted by Gasteiger charge is -2.16. The summed E-state index contributed by atoms with van der Waals surface area (Å²) in [5, 5.41) is 2.96. The number of nitrogens with one attached hydrogen (secondary N) is 1. The maximum Gasteiger partial charge on any atom is 0.227 e. The summed E-state index contributed by atoms with van der Waals surface area (Å²) in [4.78, 5) is 26.2. The molecule has 23 heavy (non-hydrogen) atoms. The Balaban J connectivity index is 1.61. The van der Waals surface area contributed by atoms with E-state index in [4.69, 9.17) is 0 Å². The van der Waals surface area contributed by atoms with Gasteiger partial charge in [-0.3, -0.25) is 9.59 Å². The molecule has 2 aromatic carbocycles. The molecule has 1 heterocycles. The van der Waals surface area contributed by atoms with Crippen molar-refractivity contribution in [2.24, 2.45) is 5.92 Å². The minimum Gasteiger partial charge on any atom is -0.352 e. The third-order valence-electron chi connectivity index (χ3n) is 4.28. The van der Waals surface area contributed by atoms with Gasteiger partial charge in [0.05, 0.1) is 5.92 Å². The molecule has 4 nitrogen and oxygen atoms in total. The number of amides is 2. The van der Waals surface area contributed by atoms with Gasteiger partial charge in [0.2, 0.25) is 11.8 Å². The molecule has 1 aliphatic rings. The van der Waals surface area contributed by atoms with Gasteiger partial charge < -0.3 is 10.2 Å². The van der Waals surface area contributed by atoms with E-state index in [1.54, 1.807) is 4.90 Å². The number of aryl methyl sites for hydroxylation is 1. The van der Waals surface area contributed by atoms with Gasteiger partial charge in [0, 0.05) is 25.2 Å². The van der Waals surface area contributed by atoms with Crippen LogP contribution in [0.1, 0.15) is 17.5 Å². The van der Waals surface area contributed by atoms with Crippen LogP contribution >= 0.6 is 0 Å². The fraction of sp³-hybridized carbons (Fsp3) is 0.263. The van der Waals surface area contributed by atoms with Crippen molar-refractivity contribution in [1.29, 1.82) is 0 Å². The fourth-order valence-electron chi connectivity index (χ4n) is 2.88. The molecule has 2 amide bonds. The molecule has 118 valence electrons. The van der Waals surface area contributed by atoms with Crippen molar-refractivity contribution in [3.8, 4) is 0 Å². The number of nitrogens with zero attached hydrogens (tertiary/aromatic N) is 1. The van der Waals surface area contributed by atoms with Gasteiger partial charge in [0.25, 0.3) is 0 Å². The second-order valence-electron chi connectivity index (χ2n) is 5.89. The first-order chi connectivity index (χ1) is 11.1. The zero-order valence-electron chi connectivity index (χ0n) is 13.2. The molecule has 0 unspecified atom stereocenters. The van der Waals surface area contributed by atoms with Crippen LogP contribution in [0.3, 0.4) is 0 Å². The van der Waals surface area contributed by atoms with Crippen LogP contribution in [-0.2, 0) is 16.1 Å². The number of carbonyl (C=O) groups is 2. The average molecular weight is 308 g/mol. The number of para-hydroxylation sites is 1. The second kappa shape index (κ2) is 6.65. The fourth-order valence-corrected chi connectivity index (χ4v) is 2.88. The first kappa shape index (κ1) is 15.3. The van der Waals surface area contributed by atoms with E-state index in [9.17, 15) is 9.59 Å². The SMILES string of the molecule is Cc1ccccc1CNC(=O)[C@@H]1CC(=O)N(c2ccccc2)C1. The number of benzene rings is 2. The van der Waals surface area contributed by atoms with Crippen molar-refractivity contribution in [2.75, 3.05) is 11.4 Å². The van der Waals surface area contributed by atoms with Crippen molar-refractivity contribution < 1.29 is 9.59 Å². The predicted octanol–water partition coefficient (Wildman–Crippen LogP) is 2.66. The van der Waals surface area contributed by atoms with E-state index >= 15 is 0 Å². The van der Waals surface area contributed by atoms with Crippen LogP contribution in [0.15, 0.2) is 54.6 Å². The van der Waals surface area contributed by atoms with Gasteiger partial charge in [-0.1, -0.05) is 42.5 Å². The highest BCUT2D eigenvalue weighted by molar-refractivity contribution is 6.00. The summed E-state index contributed by atoms with van der Waals surface area (Å²) in [6.45, 7) is 2.97. The van der Waals surface area contributed by atoms with E-state index in [-0.39, 0.29) is 24.2 Å². The zero-order valence-corrected chi connectivity index (χ0v) is 13.2. The van der Waals surface area contributed by atoms with Gasteiger partial charge in [0.1, 0.15) is 0 Å². The Morgan fingerprint density at radius 2 is 1.83 bits per heavy atom. The lowest BCUT2D eigenvalue weighted by Crippen LogP contribution is -2.32. The highest BCUT2D eigenvalue weighted by atomic mass is 16.2. The third kappa shape index (κ3) is 3.42. The van der Waals surface area contributed by atoms with Gasteiger partial charge >= 0.3 is 0 Å². The molecule has 1 fully saturated rings. The lowest BCUT2D eigenvalue weighted by atomic mass is 10.1. The van der Waals surface area contributed by atoms with E-state index in [2.05, 4.69) is 5.32 Å². The van der Waals surface area contributed by atoms with Crippen molar-refractivity contribution in [2.45, 2.75) is 19.9 Å². The molecule has 0 aromatic heterocycles. The van der Waals surface area contributed by atoms with Crippen LogP contribution < -0.4 is 10.2 Å². The standard InChI is InChI=1S/C19H20N2O2/c1-14-7-5-6-8-15(14)12-20-19(23)16-11-18(22)21(13-16)17-9-3-2-4-10-17/h2-10,16H,11-13H2,1H3,(H,20,23)/t16-/m1/s1. The first-order valence-corrected chi connectivity index (χ1v) is 7.83. The highest BCUT2D eigenvalue weighted by Crippen LogP contribution is 2.24. The van der Waals surface area contributed by atoms with E-state index in [1.807, 2.05) is 61.5 Å². The first-order valence-electron chi connectivity index (χ1n) is 7.83. The van der Waals surface area contributed by atoms with Crippen LogP contribution in [0.5, 0.6) is 0 Å². The van der Waals surface area contributed by atoms with Crippen LogP contribution in [-0.4, -0.2) is 18.4 Å². The molecule has 1 saturated heterocycles. The normalized spacial score (nSPS) is 17.3. The molecule has 2 aromatic rings. The second-order valence-corrected chi connectivity index (χ2v) is 5.89. The van der Waals surface area contributed by atoms with Crippen LogP contribution in [0.4, 0.5) is 5.69 Å². The lowest BCUT2D eigenvalue weighted by molar-refractivity contribution is -0.126. The predicted molar refractivity (Wildman–Crippen MR) is 89.9 cm³/mol. The minimum absolute atomic E-state index is 0.00671. The molecule has 3 rings (SSSR count). The molecular weight excluding hydrogens is 288 g/mol. The summed E-state index contributed by atoms with van der Waals surface area (Å²) in [5.74, 6) is -0.334. The maximum atomic E-state index is 12.4. The Labute approximate surface area is 136 Å². The van der Waals surface area contributed by atoms with Crippen LogP contribution in [0, 0.1) is 12.8 Å². The van der Waals surface area contributed by atoms with Crippen molar-refractivity contribution in [3.05, 3.63) is 65.7 Å². The monoisotopic (exact) mass is 308 g/mol. The summed E-state index contributed by atoms with van der Waals surface area (Å²) in [6, 6.07) is 17.5. The quantitative estimate of drug-likeness (QED) is 0.944. The minimum atomic E-state index is -0.285. The van der Waals surface area contributed by atoms with Gasteiger partial charge in [-0.15, -0.1) is 0 Å². The van der Waals surface area contributed by atoms with Gasteiger partial charge in [-0.05, 0) is 30.2 Å². The van der Waals surface area contributed by atoms with Crippen LogP contribution in [0.25, 0.3) is 0 Å². The third-order valence-corrected chi connectivity index (χ3v) is 4.28. The smallest absolute Gasteiger partial charge is 0.227 e. The molecular formula is C19H20N2O2. The van der Waals surface area contributed by atoms with E-state index in [0.717, 1.165) is 16.8 Å². The molecule has 1 aliphatic heterocycles. The molecule has 0 saturated carbocycles. The molecule has 0 spiro atoms. The Hall–Kier alpha value is -2.62. The highest BCUT2D eigenvalue weighted by Gasteiger charge is 2.34. The number of carbonyl (C=O) groups excluding carboxylic acids is 2. The Bertz CT molecular complexity index is 712. The van der Waals surface area contributed by atoms with Gasteiger partial charge in [-0.2, -0.15) is 0 Å². The maximum absolute atomic E-state index is 12.4. The molecule has 0 bridgehead atoms. The molecule has 4 heteroatoms. The summed E-state index contributed by atoms with van der Waals surface area (Å²) in [6.07, 6.45) is 0.272. The number of rotatable bonds is 4. The van der Waals surface area contributed by atoms with E-state index in [0.29, 0.717) is 13.1 Å². The van der Waals surface area contributed by atoms with E-state index in [1.165, 1.54) is 0 Å². The number of anilines is 1. The van der Waals surface area contributed by atoms with E-state index < -0.39 is 0 Å². The Morgan fingerprint density at radius 3 is 2.57 bits per heavy atom. The topological polar surface area (TPSA) is 49.4 Å². The largest absolute Gasteiger partial charge is 0.352 e. The average Bonchev–Trinajstić information content (AvgIpc) is 2.96. The number of hydrogen-bond donors (Lipinski definition) is 1. The molecule has 0 radical (unpaired) electrons. The van der Waals surface area contributed by atoms with Crippen molar-refractivity contribution in [3.63, 3.8) is 0 Å². The Kier molecular flexibility index (Phi) is 4.42. The van der Waals surface area contributed by atoms with Crippen molar-refractivity contribution in [1.82, 2.24) is 5.32 Å². The summed E-state index contributed by atoms with van der Waals surface area (Å²) < 4.78 is 0. The van der Waals surface area contributed by atoms with Crippen LogP contribution in [0.2, 0.25) is 0 Å². The molecule has 1 atom stereocenters. The summed E-state index contributed by atoms with van der Waals surface area (Å²) in [5.41, 5.74) is 3.11. The summed E-state index contributed by atoms with van der Waals surface area (Å²) in [7, 11) is 0. The molecule has 1 N–H and O–H groups in total. The zero-order chi connectivity index (χ0) is 16.2. The van der Waals surface area contributed by atoms with Gasteiger partial charge in [0.15, 0.2) is 0 Å². The summed E-state index contributed by atoms with van der Waals surface area (Å²) >= 11 is 0. The molecule has 0 aliphatic carbocycles. The Morgan fingerprint density at radius 1 is 1.13 bits per heavy atom. The van der Waals surface area contributed by atoms with Gasteiger partial charge in [-0.25, -0.2) is 0 Å².